The number of benzene rings is 6. The lowest BCUT2D eigenvalue weighted by Crippen LogP contribution is -2.06. The molecule has 0 saturated carbocycles. The fourth-order valence-electron chi connectivity index (χ4n) is 5.75. The van der Waals surface area contributed by atoms with E-state index in [1.807, 2.05) is 97.2 Å². The number of aliphatic imine (C=N–C) groups is 2. The van der Waals surface area contributed by atoms with Gasteiger partial charge in [0.05, 0.1) is 0 Å². The van der Waals surface area contributed by atoms with Crippen molar-refractivity contribution in [2.24, 2.45) is 9.98 Å². The number of furan rings is 1. The maximum atomic E-state index is 8.94. The predicted octanol–water partition coefficient (Wildman–Crippen LogP) is 10.5. The number of nitrogens with one attached hydrogen (secondary N) is 1. The van der Waals surface area contributed by atoms with Crippen molar-refractivity contribution in [2.75, 3.05) is 0 Å². The summed E-state index contributed by atoms with van der Waals surface area (Å²) in [6, 6.07) is 44.6. The van der Waals surface area contributed by atoms with Crippen molar-refractivity contribution in [2.45, 2.75) is 0 Å². The molecule has 0 unspecified atom stereocenters. The van der Waals surface area contributed by atoms with Gasteiger partial charge < -0.3 is 4.42 Å². The van der Waals surface area contributed by atoms with E-state index in [9.17, 15) is 0 Å². The Hall–Kier alpha value is -6.13. The predicted molar refractivity (Wildman–Crippen MR) is 190 cm³/mol. The van der Waals surface area contributed by atoms with Gasteiger partial charge in [0.2, 0.25) is 0 Å². The van der Waals surface area contributed by atoms with Crippen LogP contribution in [0.5, 0.6) is 0 Å². The normalized spacial score (nSPS) is 12.1. The number of hydrogen-bond donors (Lipinski definition) is 1. The highest BCUT2D eigenvalue weighted by Crippen LogP contribution is 2.35. The SMILES string of the molecule is C=C/C=C\c1oc2cccc(-c3ccccc3)c2c1/C=N/C(=N\C(=N)c1ccccc1)c1cc2ccccc2c2ccccc12. The van der Waals surface area contributed by atoms with Gasteiger partial charge in [-0.3, -0.25) is 5.41 Å². The van der Waals surface area contributed by atoms with Crippen LogP contribution < -0.4 is 0 Å². The second-order valence-electron chi connectivity index (χ2n) is 10.6. The van der Waals surface area contributed by atoms with Gasteiger partial charge in [-0.15, -0.1) is 0 Å². The summed E-state index contributed by atoms with van der Waals surface area (Å²) in [5.41, 5.74) is 5.27. The fraction of sp³-hybridized carbons (Fsp3) is 0. The van der Waals surface area contributed by atoms with Crippen LogP contribution in [0.25, 0.3) is 49.7 Å². The number of amidine groups is 2. The average Bonchev–Trinajstić information content (AvgIpc) is 3.47. The van der Waals surface area contributed by atoms with Gasteiger partial charge in [-0.2, -0.15) is 0 Å². The van der Waals surface area contributed by atoms with Gasteiger partial charge in [-0.1, -0.05) is 140 Å². The molecule has 45 heavy (non-hydrogen) atoms. The van der Waals surface area contributed by atoms with Crippen molar-refractivity contribution >= 4 is 56.5 Å². The van der Waals surface area contributed by atoms with Crippen molar-refractivity contribution in [1.82, 2.24) is 0 Å². The van der Waals surface area contributed by atoms with E-state index in [1.165, 1.54) is 0 Å². The molecule has 214 valence electrons. The van der Waals surface area contributed by atoms with Gasteiger partial charge in [0, 0.05) is 28.3 Å². The largest absolute Gasteiger partial charge is 0.456 e. The zero-order chi connectivity index (χ0) is 30.6. The zero-order valence-corrected chi connectivity index (χ0v) is 24.5. The smallest absolute Gasteiger partial charge is 0.162 e. The van der Waals surface area contributed by atoms with Crippen LogP contribution in [0.1, 0.15) is 22.5 Å². The molecule has 6 aromatic carbocycles. The van der Waals surface area contributed by atoms with Gasteiger partial charge in [0.25, 0.3) is 0 Å². The molecule has 0 fully saturated rings. The summed E-state index contributed by atoms with van der Waals surface area (Å²) in [4.78, 5) is 9.94. The fourth-order valence-corrected chi connectivity index (χ4v) is 5.75. The Morgan fingerprint density at radius 2 is 1.40 bits per heavy atom. The lowest BCUT2D eigenvalue weighted by Gasteiger charge is -2.11. The van der Waals surface area contributed by atoms with Crippen molar-refractivity contribution in [1.29, 1.82) is 5.41 Å². The second-order valence-corrected chi connectivity index (χ2v) is 10.6. The molecule has 1 N–H and O–H groups in total. The third-order valence-corrected chi connectivity index (χ3v) is 7.84. The second kappa shape index (κ2) is 12.2. The van der Waals surface area contributed by atoms with E-state index in [1.54, 1.807) is 6.08 Å². The van der Waals surface area contributed by atoms with Gasteiger partial charge >= 0.3 is 0 Å². The van der Waals surface area contributed by atoms with Crippen molar-refractivity contribution in [3.05, 3.63) is 175 Å². The van der Waals surface area contributed by atoms with E-state index in [2.05, 4.69) is 61.2 Å². The Morgan fingerprint density at radius 1 is 0.711 bits per heavy atom. The lowest BCUT2D eigenvalue weighted by molar-refractivity contribution is 0.604. The molecular formula is C41H29N3O. The Kier molecular flexibility index (Phi) is 7.53. The molecule has 4 heteroatoms. The van der Waals surface area contributed by atoms with E-state index >= 15 is 0 Å². The average molecular weight is 580 g/mol. The summed E-state index contributed by atoms with van der Waals surface area (Å²) >= 11 is 0. The van der Waals surface area contributed by atoms with Crippen molar-refractivity contribution < 1.29 is 4.42 Å². The molecule has 7 aromatic rings. The van der Waals surface area contributed by atoms with E-state index in [-0.39, 0.29) is 5.84 Å². The molecule has 0 radical (unpaired) electrons. The Labute approximate surface area is 261 Å². The van der Waals surface area contributed by atoms with Crippen LogP contribution in [-0.4, -0.2) is 17.9 Å². The minimum Gasteiger partial charge on any atom is -0.456 e. The summed E-state index contributed by atoms with van der Waals surface area (Å²) in [5, 5.41) is 14.3. The molecule has 1 aromatic heterocycles. The summed E-state index contributed by atoms with van der Waals surface area (Å²) < 4.78 is 6.37. The van der Waals surface area contributed by atoms with Crippen LogP contribution in [0.3, 0.4) is 0 Å². The minimum atomic E-state index is 0.133. The molecule has 0 aliphatic heterocycles. The topological polar surface area (TPSA) is 61.7 Å². The maximum absolute atomic E-state index is 8.94. The highest BCUT2D eigenvalue weighted by atomic mass is 16.3. The first kappa shape index (κ1) is 27.7. The monoisotopic (exact) mass is 579 g/mol. The summed E-state index contributed by atoms with van der Waals surface area (Å²) in [6.07, 6.45) is 7.30. The molecule has 0 bridgehead atoms. The van der Waals surface area contributed by atoms with E-state index in [0.717, 1.165) is 54.8 Å². The van der Waals surface area contributed by atoms with Crippen LogP contribution in [0.15, 0.2) is 167 Å². The third kappa shape index (κ3) is 5.41. The molecule has 0 amide bonds. The molecule has 0 aliphatic carbocycles. The third-order valence-electron chi connectivity index (χ3n) is 7.84. The summed E-state index contributed by atoms with van der Waals surface area (Å²) in [5.74, 6) is 1.24. The number of hydrogen-bond acceptors (Lipinski definition) is 2. The maximum Gasteiger partial charge on any atom is 0.162 e. The molecule has 0 aliphatic rings. The molecule has 7 rings (SSSR count). The molecule has 1 heterocycles. The first-order valence-corrected chi connectivity index (χ1v) is 14.8. The number of allylic oxidation sites excluding steroid dienone is 2. The van der Waals surface area contributed by atoms with Crippen LogP contribution in [0.2, 0.25) is 0 Å². The van der Waals surface area contributed by atoms with Crippen LogP contribution in [0.4, 0.5) is 0 Å². The van der Waals surface area contributed by atoms with Crippen molar-refractivity contribution in [3.8, 4) is 11.1 Å². The zero-order valence-electron chi connectivity index (χ0n) is 24.5. The highest BCUT2D eigenvalue weighted by Gasteiger charge is 2.17. The van der Waals surface area contributed by atoms with Gasteiger partial charge in [0.1, 0.15) is 11.3 Å². The Bertz CT molecular complexity index is 2290. The number of rotatable bonds is 6. The summed E-state index contributed by atoms with van der Waals surface area (Å²) in [7, 11) is 0. The number of nitrogens with zero attached hydrogens (tertiary/aromatic N) is 2. The Balaban J connectivity index is 1.48. The summed E-state index contributed by atoms with van der Waals surface area (Å²) in [6.45, 7) is 3.85. The minimum absolute atomic E-state index is 0.133. The first-order chi connectivity index (χ1) is 22.2. The lowest BCUT2D eigenvalue weighted by atomic mass is 9.96. The number of fused-ring (bicyclic) bond motifs is 4. The molecule has 0 spiro atoms. The molecule has 0 atom stereocenters. The van der Waals surface area contributed by atoms with Gasteiger partial charge in [-0.25, -0.2) is 9.98 Å². The highest BCUT2D eigenvalue weighted by molar-refractivity contribution is 6.23. The van der Waals surface area contributed by atoms with Crippen LogP contribution in [0, 0.1) is 5.41 Å². The van der Waals surface area contributed by atoms with E-state index in [4.69, 9.17) is 19.8 Å². The van der Waals surface area contributed by atoms with Crippen LogP contribution >= 0.6 is 0 Å². The Morgan fingerprint density at radius 3 is 2.18 bits per heavy atom. The van der Waals surface area contributed by atoms with Crippen LogP contribution in [-0.2, 0) is 0 Å². The molecule has 0 saturated heterocycles. The van der Waals surface area contributed by atoms with Gasteiger partial charge in [-0.05, 0) is 50.9 Å². The first-order valence-electron chi connectivity index (χ1n) is 14.8. The molecular weight excluding hydrogens is 550 g/mol. The van der Waals surface area contributed by atoms with E-state index < -0.39 is 0 Å². The standard InChI is InChI=1S/C41H29N3O/c1-2-3-24-37-36(39-32(23-14-25-38(39)45-37)28-15-6-4-7-16-28)27-43-41(44-40(42)29-17-8-5-9-18-29)35-26-30-19-10-11-20-31(30)33-21-12-13-22-34(33)35/h2-27,42H,1H2/b24-3-,42-40?,43-27+,44-41-. The quantitative estimate of drug-likeness (QED) is 0.0906. The van der Waals surface area contributed by atoms with E-state index in [0.29, 0.717) is 17.2 Å². The van der Waals surface area contributed by atoms with Crippen molar-refractivity contribution in [3.63, 3.8) is 0 Å². The van der Waals surface area contributed by atoms with Gasteiger partial charge in [0.15, 0.2) is 11.7 Å². The molecule has 4 nitrogen and oxygen atoms in total.